The van der Waals surface area contributed by atoms with E-state index in [1.54, 1.807) is 38.1 Å². The zero-order chi connectivity index (χ0) is 19.3. The van der Waals surface area contributed by atoms with Crippen LogP contribution in [0.3, 0.4) is 0 Å². The summed E-state index contributed by atoms with van der Waals surface area (Å²) in [5.41, 5.74) is 6.71. The van der Waals surface area contributed by atoms with Gasteiger partial charge in [0, 0.05) is 23.8 Å². The number of anilines is 1. The van der Waals surface area contributed by atoms with Crippen molar-refractivity contribution in [3.8, 4) is 0 Å². The normalized spacial score (nSPS) is 13.0. The van der Waals surface area contributed by atoms with Gasteiger partial charge in [-0.3, -0.25) is 9.59 Å². The Morgan fingerprint density at radius 1 is 1.19 bits per heavy atom. The highest BCUT2D eigenvalue weighted by atomic mass is 35.5. The Morgan fingerprint density at radius 2 is 1.88 bits per heavy atom. The molecule has 2 atom stereocenters. The van der Waals surface area contributed by atoms with Crippen LogP contribution in [0.2, 0.25) is 5.02 Å². The van der Waals surface area contributed by atoms with Crippen molar-refractivity contribution in [2.75, 3.05) is 5.32 Å². The van der Waals surface area contributed by atoms with E-state index in [9.17, 15) is 14.0 Å². The van der Waals surface area contributed by atoms with Gasteiger partial charge in [0.2, 0.25) is 5.91 Å². The van der Waals surface area contributed by atoms with Crippen LogP contribution < -0.4 is 16.4 Å². The molecule has 0 aliphatic carbocycles. The minimum absolute atomic E-state index is 0.0279. The summed E-state index contributed by atoms with van der Waals surface area (Å²) in [4.78, 5) is 24.5. The Bertz CT molecular complexity index is 811. The Morgan fingerprint density at radius 3 is 2.54 bits per heavy atom. The lowest BCUT2D eigenvalue weighted by molar-refractivity contribution is -0.119. The monoisotopic (exact) mass is 377 g/mol. The van der Waals surface area contributed by atoms with E-state index in [1.165, 1.54) is 18.2 Å². The van der Waals surface area contributed by atoms with Gasteiger partial charge in [-0.1, -0.05) is 36.7 Å². The molecule has 0 spiro atoms. The van der Waals surface area contributed by atoms with Gasteiger partial charge in [-0.15, -0.1) is 0 Å². The van der Waals surface area contributed by atoms with E-state index in [1.807, 2.05) is 0 Å². The van der Waals surface area contributed by atoms with Gasteiger partial charge < -0.3 is 16.4 Å². The van der Waals surface area contributed by atoms with Gasteiger partial charge in [0.1, 0.15) is 5.82 Å². The summed E-state index contributed by atoms with van der Waals surface area (Å²) < 4.78 is 13.6. The molecule has 2 rings (SSSR count). The molecule has 138 valence electrons. The van der Waals surface area contributed by atoms with E-state index < -0.39 is 11.7 Å². The molecular weight excluding hydrogens is 357 g/mol. The van der Waals surface area contributed by atoms with Gasteiger partial charge >= 0.3 is 0 Å². The highest BCUT2D eigenvalue weighted by molar-refractivity contribution is 6.34. The Balaban J connectivity index is 2.10. The van der Waals surface area contributed by atoms with Crippen molar-refractivity contribution in [3.63, 3.8) is 0 Å². The second-order valence-electron chi connectivity index (χ2n) is 6.11. The summed E-state index contributed by atoms with van der Waals surface area (Å²) in [5.74, 6) is -1.50. The maximum absolute atomic E-state index is 13.6. The molecule has 0 aromatic heterocycles. The molecule has 2 aromatic carbocycles. The average Bonchev–Trinajstić information content (AvgIpc) is 2.61. The van der Waals surface area contributed by atoms with Crippen LogP contribution in [0, 0.1) is 11.7 Å². The number of nitrogens with one attached hydrogen (secondary N) is 2. The van der Waals surface area contributed by atoms with Crippen molar-refractivity contribution in [3.05, 3.63) is 64.4 Å². The molecule has 0 bridgehead atoms. The van der Waals surface area contributed by atoms with Gasteiger partial charge in [-0.05, 0) is 31.2 Å². The number of hydrogen-bond donors (Lipinski definition) is 3. The minimum atomic E-state index is -0.463. The quantitative estimate of drug-likeness (QED) is 0.721. The molecular formula is C19H21ClFN3O2. The fraction of sp³-hybridized carbons (Fsp3) is 0.263. The lowest BCUT2D eigenvalue weighted by atomic mass is 10.0. The molecule has 0 aliphatic rings. The topological polar surface area (TPSA) is 84.2 Å². The molecule has 0 fully saturated rings. The summed E-state index contributed by atoms with van der Waals surface area (Å²) in [6, 6.07) is 10.5. The SMILES string of the molecule is CC(N)C(C)C(=O)Nc1ccc(Cl)c(C(=O)NCc2ccccc2F)c1. The van der Waals surface area contributed by atoms with E-state index in [-0.39, 0.29) is 35.0 Å². The summed E-state index contributed by atoms with van der Waals surface area (Å²) in [5, 5.41) is 5.56. The third-order valence-corrected chi connectivity index (χ3v) is 4.41. The molecule has 2 amide bonds. The predicted octanol–water partition coefficient (Wildman–Crippen LogP) is 3.33. The highest BCUT2D eigenvalue weighted by Gasteiger charge is 2.18. The summed E-state index contributed by atoms with van der Waals surface area (Å²) in [6.07, 6.45) is 0. The maximum atomic E-state index is 13.6. The van der Waals surface area contributed by atoms with Crippen LogP contribution in [-0.2, 0) is 11.3 Å². The van der Waals surface area contributed by atoms with Gasteiger partial charge in [0.15, 0.2) is 0 Å². The number of carbonyl (C=O) groups excluding carboxylic acids is 2. The molecule has 0 saturated carbocycles. The van der Waals surface area contributed by atoms with Crippen LogP contribution in [0.25, 0.3) is 0 Å². The number of benzene rings is 2. The van der Waals surface area contributed by atoms with Gasteiger partial charge in [0.25, 0.3) is 5.91 Å². The van der Waals surface area contributed by atoms with E-state index >= 15 is 0 Å². The van der Waals surface area contributed by atoms with Crippen molar-refractivity contribution in [1.82, 2.24) is 5.32 Å². The number of amides is 2. The van der Waals surface area contributed by atoms with E-state index in [0.29, 0.717) is 11.3 Å². The van der Waals surface area contributed by atoms with Crippen LogP contribution in [0.4, 0.5) is 10.1 Å². The predicted molar refractivity (Wildman–Crippen MR) is 100 cm³/mol. The zero-order valence-corrected chi connectivity index (χ0v) is 15.3. The van der Waals surface area contributed by atoms with E-state index in [4.69, 9.17) is 17.3 Å². The smallest absolute Gasteiger partial charge is 0.253 e. The Labute approximate surface area is 156 Å². The van der Waals surface area contributed by atoms with Gasteiger partial charge in [-0.2, -0.15) is 0 Å². The largest absolute Gasteiger partial charge is 0.348 e. The van der Waals surface area contributed by atoms with Crippen LogP contribution in [0.1, 0.15) is 29.8 Å². The molecule has 2 aromatic rings. The number of hydrogen-bond acceptors (Lipinski definition) is 3. The fourth-order valence-corrected chi connectivity index (χ4v) is 2.39. The molecule has 0 aliphatic heterocycles. The first-order chi connectivity index (χ1) is 12.3. The third kappa shape index (κ3) is 5.03. The zero-order valence-electron chi connectivity index (χ0n) is 14.6. The first-order valence-electron chi connectivity index (χ1n) is 8.17. The summed E-state index contributed by atoms with van der Waals surface area (Å²) >= 11 is 6.09. The standard InChI is InChI=1S/C19H21ClFN3O2/c1-11(12(2)22)18(25)24-14-7-8-16(20)15(9-14)19(26)23-10-13-5-3-4-6-17(13)21/h3-9,11-12H,10,22H2,1-2H3,(H,23,26)(H,24,25). The average molecular weight is 378 g/mol. The van der Waals surface area contributed by atoms with Crippen LogP contribution in [-0.4, -0.2) is 17.9 Å². The lowest BCUT2D eigenvalue weighted by Gasteiger charge is -2.16. The number of rotatable bonds is 6. The Kier molecular flexibility index (Phi) is 6.71. The van der Waals surface area contributed by atoms with Crippen LogP contribution >= 0.6 is 11.6 Å². The first kappa shape index (κ1) is 19.9. The summed E-state index contributed by atoms with van der Waals surface area (Å²) in [6.45, 7) is 3.49. The molecule has 2 unspecified atom stereocenters. The number of carbonyl (C=O) groups is 2. The molecule has 26 heavy (non-hydrogen) atoms. The van der Waals surface area contributed by atoms with Crippen molar-refractivity contribution in [2.24, 2.45) is 11.7 Å². The maximum Gasteiger partial charge on any atom is 0.253 e. The van der Waals surface area contributed by atoms with Gasteiger partial charge in [-0.25, -0.2) is 4.39 Å². The van der Waals surface area contributed by atoms with E-state index in [0.717, 1.165) is 0 Å². The van der Waals surface area contributed by atoms with Crippen molar-refractivity contribution in [2.45, 2.75) is 26.4 Å². The van der Waals surface area contributed by atoms with Crippen molar-refractivity contribution < 1.29 is 14.0 Å². The highest BCUT2D eigenvalue weighted by Crippen LogP contribution is 2.21. The summed E-state index contributed by atoms with van der Waals surface area (Å²) in [7, 11) is 0. The second kappa shape index (κ2) is 8.78. The van der Waals surface area contributed by atoms with E-state index in [2.05, 4.69) is 10.6 Å². The minimum Gasteiger partial charge on any atom is -0.348 e. The number of halogens is 2. The molecule has 7 heteroatoms. The Hall–Kier alpha value is -2.44. The first-order valence-corrected chi connectivity index (χ1v) is 8.55. The fourth-order valence-electron chi connectivity index (χ4n) is 2.18. The third-order valence-electron chi connectivity index (χ3n) is 4.08. The van der Waals surface area contributed by atoms with Crippen molar-refractivity contribution >= 4 is 29.1 Å². The van der Waals surface area contributed by atoms with Crippen LogP contribution in [0.15, 0.2) is 42.5 Å². The van der Waals surface area contributed by atoms with Crippen molar-refractivity contribution in [1.29, 1.82) is 0 Å². The molecule has 0 heterocycles. The second-order valence-corrected chi connectivity index (χ2v) is 6.51. The molecule has 4 N–H and O–H groups in total. The van der Waals surface area contributed by atoms with Gasteiger partial charge in [0.05, 0.1) is 16.5 Å². The lowest BCUT2D eigenvalue weighted by Crippen LogP contribution is -2.34. The molecule has 0 radical (unpaired) electrons. The molecule has 0 saturated heterocycles. The number of nitrogens with two attached hydrogens (primary N) is 1. The van der Waals surface area contributed by atoms with Crippen LogP contribution in [0.5, 0.6) is 0 Å². The molecule has 5 nitrogen and oxygen atoms in total.